The van der Waals surface area contributed by atoms with Gasteiger partial charge in [-0.25, -0.2) is 9.59 Å². The van der Waals surface area contributed by atoms with Crippen LogP contribution < -0.4 is 0 Å². The molecule has 1 aromatic carbocycles. The van der Waals surface area contributed by atoms with Crippen LogP contribution in [0.15, 0.2) is 49.1 Å². The van der Waals surface area contributed by atoms with Crippen LogP contribution in [0.5, 0.6) is 0 Å². The minimum Gasteiger partial charge on any atom is -0.478 e. The Bertz CT molecular complexity index is 499. The lowest BCUT2D eigenvalue weighted by Gasteiger charge is -2.16. The topological polar surface area (TPSA) is 63.6 Å². The van der Waals surface area contributed by atoms with Crippen molar-refractivity contribution in [3.63, 3.8) is 0 Å². The molecular weight excluding hydrogens is 244 g/mol. The Morgan fingerprint density at radius 3 is 2.26 bits per heavy atom. The van der Waals surface area contributed by atoms with Gasteiger partial charge in [0, 0.05) is 6.42 Å². The summed E-state index contributed by atoms with van der Waals surface area (Å²) in [4.78, 5) is 22.6. The van der Waals surface area contributed by atoms with Crippen molar-refractivity contribution in [3.05, 3.63) is 60.2 Å². The van der Waals surface area contributed by atoms with E-state index in [0.29, 0.717) is 12.0 Å². The Kier molecular flexibility index (Phi) is 5.06. The van der Waals surface area contributed by atoms with Gasteiger partial charge in [-0.15, -0.1) is 6.58 Å². The predicted octanol–water partition coefficient (Wildman–Crippen LogP) is 3.06. The second-order valence-electron chi connectivity index (χ2n) is 4.15. The number of rotatable bonds is 6. The van der Waals surface area contributed by atoms with Crippen LogP contribution in [0, 0.1) is 0 Å². The second kappa shape index (κ2) is 6.54. The third-order valence-corrected chi connectivity index (χ3v) is 2.55. The van der Waals surface area contributed by atoms with Gasteiger partial charge in [0.15, 0.2) is 0 Å². The molecule has 0 heterocycles. The quantitative estimate of drug-likeness (QED) is 0.630. The van der Waals surface area contributed by atoms with Crippen molar-refractivity contribution in [2.75, 3.05) is 0 Å². The molecule has 0 saturated carbocycles. The standard InChI is InChI=1S/C15H16O4/c1-4-5-13(10(2)3)19-15(18)12-8-6-11(7-9-12)14(16)17/h4,6-9,13H,1-2,5H2,3H3,(H,16,17). The number of carboxylic acid groups (broad SMARTS) is 1. The highest BCUT2D eigenvalue weighted by Crippen LogP contribution is 2.13. The summed E-state index contributed by atoms with van der Waals surface area (Å²) in [6.45, 7) is 9.12. The van der Waals surface area contributed by atoms with Crippen LogP contribution >= 0.6 is 0 Å². The number of carbonyl (C=O) groups is 2. The van der Waals surface area contributed by atoms with E-state index in [1.807, 2.05) is 0 Å². The van der Waals surface area contributed by atoms with Crippen LogP contribution in [0.2, 0.25) is 0 Å². The molecule has 1 N–H and O–H groups in total. The fourth-order valence-electron chi connectivity index (χ4n) is 1.45. The van der Waals surface area contributed by atoms with E-state index in [4.69, 9.17) is 9.84 Å². The largest absolute Gasteiger partial charge is 0.478 e. The number of hydrogen-bond acceptors (Lipinski definition) is 3. The molecule has 0 aliphatic heterocycles. The number of esters is 1. The molecule has 0 aromatic heterocycles. The highest BCUT2D eigenvalue weighted by Gasteiger charge is 2.15. The number of hydrogen-bond donors (Lipinski definition) is 1. The first-order valence-corrected chi connectivity index (χ1v) is 5.76. The number of ether oxygens (including phenoxy) is 1. The first-order chi connectivity index (χ1) is 8.95. The summed E-state index contributed by atoms with van der Waals surface area (Å²) < 4.78 is 5.28. The van der Waals surface area contributed by atoms with E-state index in [1.165, 1.54) is 24.3 Å². The number of carboxylic acids is 1. The maximum absolute atomic E-state index is 11.9. The maximum atomic E-state index is 11.9. The molecule has 1 atom stereocenters. The van der Waals surface area contributed by atoms with E-state index in [9.17, 15) is 9.59 Å². The van der Waals surface area contributed by atoms with Crippen molar-refractivity contribution in [1.29, 1.82) is 0 Å². The van der Waals surface area contributed by atoms with Gasteiger partial charge in [0.05, 0.1) is 11.1 Å². The molecule has 0 fully saturated rings. The van der Waals surface area contributed by atoms with Gasteiger partial charge in [0.1, 0.15) is 6.10 Å². The first kappa shape index (κ1) is 14.7. The zero-order chi connectivity index (χ0) is 14.4. The van der Waals surface area contributed by atoms with E-state index in [2.05, 4.69) is 13.2 Å². The lowest BCUT2D eigenvalue weighted by molar-refractivity contribution is 0.0379. The highest BCUT2D eigenvalue weighted by atomic mass is 16.5. The van der Waals surface area contributed by atoms with Crippen LogP contribution in [0.1, 0.15) is 34.1 Å². The summed E-state index contributed by atoms with van der Waals surface area (Å²) in [6.07, 6.45) is 1.73. The molecular formula is C15H16O4. The molecule has 1 aromatic rings. The van der Waals surface area contributed by atoms with E-state index in [1.54, 1.807) is 13.0 Å². The van der Waals surface area contributed by atoms with E-state index < -0.39 is 18.0 Å². The Morgan fingerprint density at radius 1 is 1.32 bits per heavy atom. The van der Waals surface area contributed by atoms with Gasteiger partial charge in [-0.1, -0.05) is 12.7 Å². The normalized spacial score (nSPS) is 11.4. The van der Waals surface area contributed by atoms with Crippen molar-refractivity contribution in [2.24, 2.45) is 0 Å². The lowest BCUT2D eigenvalue weighted by Crippen LogP contribution is -2.18. The molecule has 19 heavy (non-hydrogen) atoms. The average Bonchev–Trinajstić information content (AvgIpc) is 2.38. The summed E-state index contributed by atoms with van der Waals surface area (Å²) in [5.41, 5.74) is 1.16. The molecule has 0 saturated heterocycles. The molecule has 0 bridgehead atoms. The number of benzene rings is 1. The molecule has 0 amide bonds. The Balaban J connectivity index is 2.79. The molecule has 4 heteroatoms. The van der Waals surface area contributed by atoms with Crippen molar-refractivity contribution in [1.82, 2.24) is 0 Å². The third-order valence-electron chi connectivity index (χ3n) is 2.55. The zero-order valence-electron chi connectivity index (χ0n) is 10.8. The Morgan fingerprint density at radius 2 is 1.84 bits per heavy atom. The van der Waals surface area contributed by atoms with Gasteiger partial charge in [0.25, 0.3) is 0 Å². The SMILES string of the molecule is C=CCC(OC(=O)c1ccc(C(=O)O)cc1)C(=C)C. The van der Waals surface area contributed by atoms with E-state index in [-0.39, 0.29) is 5.56 Å². The Labute approximate surface area is 112 Å². The smallest absolute Gasteiger partial charge is 0.338 e. The van der Waals surface area contributed by atoms with Crippen LogP contribution in [0.4, 0.5) is 0 Å². The average molecular weight is 260 g/mol. The van der Waals surface area contributed by atoms with Crippen molar-refractivity contribution >= 4 is 11.9 Å². The van der Waals surface area contributed by atoms with Crippen LogP contribution in [0.3, 0.4) is 0 Å². The molecule has 1 unspecified atom stereocenters. The van der Waals surface area contributed by atoms with Crippen LogP contribution in [-0.4, -0.2) is 23.1 Å². The second-order valence-corrected chi connectivity index (χ2v) is 4.15. The molecule has 0 radical (unpaired) electrons. The van der Waals surface area contributed by atoms with Crippen LogP contribution in [-0.2, 0) is 4.74 Å². The van der Waals surface area contributed by atoms with Crippen molar-refractivity contribution < 1.29 is 19.4 Å². The monoisotopic (exact) mass is 260 g/mol. The van der Waals surface area contributed by atoms with Gasteiger partial charge in [-0.2, -0.15) is 0 Å². The van der Waals surface area contributed by atoms with Gasteiger partial charge >= 0.3 is 11.9 Å². The van der Waals surface area contributed by atoms with Gasteiger partial charge in [-0.3, -0.25) is 0 Å². The maximum Gasteiger partial charge on any atom is 0.338 e. The summed E-state index contributed by atoms with van der Waals surface area (Å²) in [5, 5.41) is 8.76. The van der Waals surface area contributed by atoms with Gasteiger partial charge < -0.3 is 9.84 Å². The van der Waals surface area contributed by atoms with Gasteiger partial charge in [0.2, 0.25) is 0 Å². The molecule has 1 rings (SSSR count). The minimum absolute atomic E-state index is 0.124. The van der Waals surface area contributed by atoms with E-state index in [0.717, 1.165) is 5.57 Å². The number of aromatic carboxylic acids is 1. The number of carbonyl (C=O) groups excluding carboxylic acids is 1. The fourth-order valence-corrected chi connectivity index (χ4v) is 1.45. The first-order valence-electron chi connectivity index (χ1n) is 5.76. The predicted molar refractivity (Wildman–Crippen MR) is 72.2 cm³/mol. The summed E-state index contributed by atoms with van der Waals surface area (Å²) in [6, 6.07) is 5.58. The van der Waals surface area contributed by atoms with Gasteiger partial charge in [-0.05, 0) is 36.8 Å². The summed E-state index contributed by atoms with van der Waals surface area (Å²) in [7, 11) is 0. The van der Waals surface area contributed by atoms with Crippen molar-refractivity contribution in [2.45, 2.75) is 19.4 Å². The van der Waals surface area contributed by atoms with Crippen molar-refractivity contribution in [3.8, 4) is 0 Å². The zero-order valence-corrected chi connectivity index (χ0v) is 10.8. The van der Waals surface area contributed by atoms with E-state index >= 15 is 0 Å². The summed E-state index contributed by atoms with van der Waals surface area (Å²) in [5.74, 6) is -1.54. The molecule has 4 nitrogen and oxygen atoms in total. The highest BCUT2D eigenvalue weighted by molar-refractivity contribution is 5.92. The molecule has 0 aliphatic carbocycles. The molecule has 0 aliphatic rings. The fraction of sp³-hybridized carbons (Fsp3) is 0.200. The van der Waals surface area contributed by atoms with Crippen LogP contribution in [0.25, 0.3) is 0 Å². The molecule has 100 valence electrons. The molecule has 0 spiro atoms. The lowest BCUT2D eigenvalue weighted by atomic mass is 10.1. The summed E-state index contributed by atoms with van der Waals surface area (Å²) >= 11 is 0. The Hall–Kier alpha value is -2.36. The third kappa shape index (κ3) is 4.10. The minimum atomic E-state index is -1.04.